The second kappa shape index (κ2) is 11.8. The lowest BCUT2D eigenvalue weighted by atomic mass is 9.99. The van der Waals surface area contributed by atoms with Crippen LogP contribution in [0.25, 0.3) is 0 Å². The number of aromatic hydroxyl groups is 1. The SMILES string of the molecule is CCCC/C(C)=C/C=C(\C)C(=O)c1c(O)cc(C(C)CC/C=C/C(=O)O)oc1=O. The lowest BCUT2D eigenvalue weighted by Crippen LogP contribution is -2.16. The van der Waals surface area contributed by atoms with Gasteiger partial charge in [0, 0.05) is 18.1 Å². The molecule has 1 rings (SSSR count). The second-order valence-electron chi connectivity index (χ2n) is 7.21. The van der Waals surface area contributed by atoms with Gasteiger partial charge in [-0.3, -0.25) is 4.79 Å². The number of Topliss-reactive ketones (excluding diaryl/α,β-unsaturated/α-hetero) is 1. The number of ketones is 1. The third-order valence-corrected chi connectivity index (χ3v) is 4.59. The van der Waals surface area contributed by atoms with E-state index >= 15 is 0 Å². The summed E-state index contributed by atoms with van der Waals surface area (Å²) in [6.07, 6.45) is 10.2. The largest absolute Gasteiger partial charge is 0.507 e. The quantitative estimate of drug-likeness (QED) is 0.302. The van der Waals surface area contributed by atoms with Crippen molar-refractivity contribution in [2.75, 3.05) is 0 Å². The molecule has 0 spiro atoms. The molecule has 6 heteroatoms. The van der Waals surface area contributed by atoms with E-state index in [9.17, 15) is 19.5 Å². The Kier molecular flexibility index (Phi) is 9.86. The van der Waals surface area contributed by atoms with Crippen LogP contribution in [0.2, 0.25) is 0 Å². The minimum Gasteiger partial charge on any atom is -0.507 e. The van der Waals surface area contributed by atoms with Gasteiger partial charge in [-0.25, -0.2) is 9.59 Å². The van der Waals surface area contributed by atoms with Crippen LogP contribution in [0.3, 0.4) is 0 Å². The summed E-state index contributed by atoms with van der Waals surface area (Å²) in [5.41, 5.74) is 0.219. The fourth-order valence-electron chi connectivity index (χ4n) is 2.70. The van der Waals surface area contributed by atoms with Crippen LogP contribution in [-0.4, -0.2) is 22.0 Å². The summed E-state index contributed by atoms with van der Waals surface area (Å²) in [7, 11) is 0. The van der Waals surface area contributed by atoms with Crippen molar-refractivity contribution >= 4 is 11.8 Å². The standard InChI is InChI=1S/C23H30O6/c1-5-6-9-15(2)12-13-17(4)22(27)21-18(24)14-19(29-23(21)28)16(3)10-7-8-11-20(25)26/h8,11-14,16,24H,5-7,9-10H2,1-4H3,(H,25,26)/b11-8+,15-12+,17-13+. The van der Waals surface area contributed by atoms with Gasteiger partial charge in [-0.05, 0) is 45.1 Å². The number of aliphatic carboxylic acids is 1. The molecular formula is C23H30O6. The number of unbranched alkanes of at least 4 members (excludes halogenated alkanes) is 1. The highest BCUT2D eigenvalue weighted by Gasteiger charge is 2.21. The van der Waals surface area contributed by atoms with Crippen molar-refractivity contribution in [3.8, 4) is 5.75 Å². The van der Waals surface area contributed by atoms with Gasteiger partial charge in [0.25, 0.3) is 0 Å². The number of hydrogen-bond acceptors (Lipinski definition) is 5. The first-order valence-corrected chi connectivity index (χ1v) is 9.82. The molecule has 2 N–H and O–H groups in total. The Balaban J connectivity index is 2.97. The van der Waals surface area contributed by atoms with Gasteiger partial charge >= 0.3 is 11.6 Å². The Morgan fingerprint density at radius 1 is 1.24 bits per heavy atom. The Hall–Kier alpha value is -2.89. The van der Waals surface area contributed by atoms with Gasteiger partial charge in [-0.2, -0.15) is 0 Å². The first kappa shape index (κ1) is 24.1. The highest BCUT2D eigenvalue weighted by Crippen LogP contribution is 2.26. The van der Waals surface area contributed by atoms with Gasteiger partial charge in [0.1, 0.15) is 17.1 Å². The van der Waals surface area contributed by atoms with Crippen LogP contribution in [0, 0.1) is 0 Å². The topological polar surface area (TPSA) is 105 Å². The molecule has 0 radical (unpaired) electrons. The monoisotopic (exact) mass is 402 g/mol. The molecule has 0 fully saturated rings. The molecule has 1 unspecified atom stereocenters. The smallest absolute Gasteiger partial charge is 0.351 e. The van der Waals surface area contributed by atoms with E-state index in [4.69, 9.17) is 9.52 Å². The summed E-state index contributed by atoms with van der Waals surface area (Å²) >= 11 is 0. The average molecular weight is 402 g/mol. The molecule has 0 aliphatic carbocycles. The number of carbonyl (C=O) groups is 2. The predicted molar refractivity (Wildman–Crippen MR) is 112 cm³/mol. The fraction of sp³-hybridized carbons (Fsp3) is 0.435. The molecule has 0 aliphatic heterocycles. The Bertz CT molecular complexity index is 870. The van der Waals surface area contributed by atoms with Crippen molar-refractivity contribution in [3.63, 3.8) is 0 Å². The molecule has 1 aromatic heterocycles. The molecule has 0 bridgehead atoms. The van der Waals surface area contributed by atoms with E-state index < -0.39 is 23.1 Å². The minimum absolute atomic E-state index is 0.225. The Labute approximate surface area is 171 Å². The summed E-state index contributed by atoms with van der Waals surface area (Å²) in [6.45, 7) is 7.48. The number of carboxylic acids is 1. The van der Waals surface area contributed by atoms with E-state index in [0.717, 1.165) is 30.9 Å². The molecule has 0 amide bonds. The van der Waals surface area contributed by atoms with Crippen LogP contribution < -0.4 is 5.63 Å². The number of rotatable bonds is 11. The van der Waals surface area contributed by atoms with E-state index in [1.54, 1.807) is 19.9 Å². The Morgan fingerprint density at radius 3 is 2.52 bits per heavy atom. The number of allylic oxidation sites excluding steroid dienone is 5. The van der Waals surface area contributed by atoms with E-state index in [-0.39, 0.29) is 17.2 Å². The lowest BCUT2D eigenvalue weighted by Gasteiger charge is -2.11. The van der Waals surface area contributed by atoms with Gasteiger partial charge in [0.15, 0.2) is 5.78 Å². The Morgan fingerprint density at radius 2 is 1.93 bits per heavy atom. The van der Waals surface area contributed by atoms with Crippen molar-refractivity contribution < 1.29 is 24.2 Å². The van der Waals surface area contributed by atoms with Crippen LogP contribution in [-0.2, 0) is 4.79 Å². The molecule has 0 saturated heterocycles. The van der Waals surface area contributed by atoms with E-state index in [1.165, 1.54) is 12.1 Å². The summed E-state index contributed by atoms with van der Waals surface area (Å²) in [5.74, 6) is -1.97. The zero-order chi connectivity index (χ0) is 22.0. The van der Waals surface area contributed by atoms with Crippen molar-refractivity contribution in [2.24, 2.45) is 0 Å². The molecular weight excluding hydrogens is 372 g/mol. The second-order valence-corrected chi connectivity index (χ2v) is 7.21. The number of hydrogen-bond donors (Lipinski definition) is 2. The van der Waals surface area contributed by atoms with Crippen LogP contribution in [0.15, 0.2) is 50.7 Å². The van der Waals surface area contributed by atoms with E-state index in [0.29, 0.717) is 18.4 Å². The molecule has 29 heavy (non-hydrogen) atoms. The van der Waals surface area contributed by atoms with Crippen LogP contribution in [0.4, 0.5) is 0 Å². The molecule has 1 heterocycles. The summed E-state index contributed by atoms with van der Waals surface area (Å²) in [6, 6.07) is 1.29. The summed E-state index contributed by atoms with van der Waals surface area (Å²) in [5, 5.41) is 18.8. The van der Waals surface area contributed by atoms with Crippen molar-refractivity contribution in [1.82, 2.24) is 0 Å². The molecule has 0 aromatic carbocycles. The molecule has 1 aromatic rings. The summed E-state index contributed by atoms with van der Waals surface area (Å²) in [4.78, 5) is 35.4. The van der Waals surface area contributed by atoms with Crippen LogP contribution in [0.1, 0.15) is 81.8 Å². The molecule has 1 atom stereocenters. The number of carbonyl (C=O) groups excluding carboxylic acids is 1. The lowest BCUT2D eigenvalue weighted by molar-refractivity contribution is -0.131. The van der Waals surface area contributed by atoms with Crippen molar-refractivity contribution in [2.45, 2.75) is 65.7 Å². The normalized spacial score (nSPS) is 13.7. The molecule has 6 nitrogen and oxygen atoms in total. The third-order valence-electron chi connectivity index (χ3n) is 4.59. The van der Waals surface area contributed by atoms with Gasteiger partial charge in [0.05, 0.1) is 0 Å². The maximum atomic E-state index is 12.6. The zero-order valence-corrected chi connectivity index (χ0v) is 17.5. The first-order valence-electron chi connectivity index (χ1n) is 9.82. The van der Waals surface area contributed by atoms with E-state index in [1.807, 2.05) is 13.0 Å². The molecule has 0 aliphatic rings. The molecule has 158 valence electrons. The van der Waals surface area contributed by atoms with Gasteiger partial charge in [-0.15, -0.1) is 0 Å². The maximum Gasteiger partial charge on any atom is 0.351 e. The average Bonchev–Trinajstić information content (AvgIpc) is 2.66. The zero-order valence-electron chi connectivity index (χ0n) is 17.5. The van der Waals surface area contributed by atoms with Gasteiger partial charge in [0.2, 0.25) is 0 Å². The highest BCUT2D eigenvalue weighted by atomic mass is 16.4. The number of carboxylic acid groups (broad SMARTS) is 1. The first-order chi connectivity index (χ1) is 13.7. The van der Waals surface area contributed by atoms with Crippen LogP contribution in [0.5, 0.6) is 5.75 Å². The highest BCUT2D eigenvalue weighted by molar-refractivity contribution is 6.09. The predicted octanol–water partition coefficient (Wildman–Crippen LogP) is 5.14. The van der Waals surface area contributed by atoms with Crippen molar-refractivity contribution in [1.29, 1.82) is 0 Å². The fourth-order valence-corrected chi connectivity index (χ4v) is 2.70. The van der Waals surface area contributed by atoms with Crippen LogP contribution >= 0.6 is 0 Å². The minimum atomic E-state index is -1.02. The van der Waals surface area contributed by atoms with Gasteiger partial charge < -0.3 is 14.6 Å². The maximum absolute atomic E-state index is 12.6. The van der Waals surface area contributed by atoms with Crippen molar-refractivity contribution in [3.05, 3.63) is 63.3 Å². The molecule has 0 saturated carbocycles. The van der Waals surface area contributed by atoms with Gasteiger partial charge in [-0.1, -0.05) is 44.1 Å². The van der Waals surface area contributed by atoms with E-state index in [2.05, 4.69) is 6.92 Å². The third kappa shape index (κ3) is 7.94. The summed E-state index contributed by atoms with van der Waals surface area (Å²) < 4.78 is 5.26.